The van der Waals surface area contributed by atoms with Crippen molar-refractivity contribution < 1.29 is 0 Å². The number of hydrogen-bond acceptors (Lipinski definition) is 0. The molecule has 0 aromatic carbocycles. The normalized spacial score (nSPS) is 35.9. The summed E-state index contributed by atoms with van der Waals surface area (Å²) in [6.07, 6.45) is 19.8. The van der Waals surface area contributed by atoms with Gasteiger partial charge in [-0.1, -0.05) is 104 Å². The van der Waals surface area contributed by atoms with E-state index in [0.29, 0.717) is 0 Å². The number of rotatable bonds is 1. The van der Waals surface area contributed by atoms with Gasteiger partial charge in [-0.15, -0.1) is 0 Å². The van der Waals surface area contributed by atoms with Crippen LogP contribution in [0.3, 0.4) is 0 Å². The van der Waals surface area contributed by atoms with Crippen LogP contribution in [0, 0.1) is 29.6 Å². The Morgan fingerprint density at radius 3 is 1.14 bits per heavy atom. The molecular weight excluding hydrogens is 252 g/mol. The molecule has 0 N–H and O–H groups in total. The molecule has 21 heavy (non-hydrogen) atoms. The number of hydrogen-bond donors (Lipinski definition) is 0. The van der Waals surface area contributed by atoms with E-state index in [2.05, 4.69) is 20.8 Å². The Morgan fingerprint density at radius 1 is 0.429 bits per heavy atom. The molecule has 0 aromatic heterocycles. The SMILES string of the molecule is C1CCC(C2CCCCC2)CC1.CC1CCCC(C)C1C. The molecular formula is C21H40. The van der Waals surface area contributed by atoms with Gasteiger partial charge in [0.2, 0.25) is 0 Å². The van der Waals surface area contributed by atoms with Crippen molar-refractivity contribution in [1.82, 2.24) is 0 Å². The molecule has 0 radical (unpaired) electrons. The van der Waals surface area contributed by atoms with Crippen molar-refractivity contribution in [3.8, 4) is 0 Å². The highest BCUT2D eigenvalue weighted by molar-refractivity contribution is 4.76. The lowest BCUT2D eigenvalue weighted by molar-refractivity contribution is 0.196. The zero-order valence-corrected chi connectivity index (χ0v) is 15.1. The third kappa shape index (κ3) is 5.61. The minimum absolute atomic E-state index is 0.971. The fourth-order valence-electron chi connectivity index (χ4n) is 5.06. The van der Waals surface area contributed by atoms with E-state index in [4.69, 9.17) is 0 Å². The Morgan fingerprint density at radius 2 is 0.810 bits per heavy atom. The highest BCUT2D eigenvalue weighted by Crippen LogP contribution is 2.38. The molecule has 0 amide bonds. The fourth-order valence-corrected chi connectivity index (χ4v) is 5.06. The molecule has 3 saturated carbocycles. The van der Waals surface area contributed by atoms with Crippen LogP contribution < -0.4 is 0 Å². The predicted octanol–water partition coefficient (Wildman–Crippen LogP) is 7.23. The second-order valence-electron chi connectivity index (χ2n) is 8.54. The van der Waals surface area contributed by atoms with E-state index in [0.717, 1.165) is 29.6 Å². The van der Waals surface area contributed by atoms with Gasteiger partial charge in [0.25, 0.3) is 0 Å². The molecule has 0 heterocycles. The Balaban J connectivity index is 0.000000161. The average molecular weight is 293 g/mol. The second-order valence-corrected chi connectivity index (χ2v) is 8.54. The molecule has 3 aliphatic carbocycles. The first-order valence-corrected chi connectivity index (χ1v) is 10.2. The first-order valence-electron chi connectivity index (χ1n) is 10.2. The lowest BCUT2D eigenvalue weighted by Crippen LogP contribution is -2.21. The van der Waals surface area contributed by atoms with Crippen LogP contribution in [0.25, 0.3) is 0 Å². The van der Waals surface area contributed by atoms with Crippen molar-refractivity contribution in [3.05, 3.63) is 0 Å². The summed E-state index contributed by atoms with van der Waals surface area (Å²) in [6.45, 7) is 7.18. The maximum Gasteiger partial charge on any atom is -0.0386 e. The van der Waals surface area contributed by atoms with Crippen molar-refractivity contribution >= 4 is 0 Å². The minimum Gasteiger partial charge on any atom is -0.0622 e. The Hall–Kier alpha value is 0. The highest BCUT2D eigenvalue weighted by Gasteiger charge is 2.24. The summed E-state index contributed by atoms with van der Waals surface area (Å²) in [6, 6.07) is 0. The summed E-state index contributed by atoms with van der Waals surface area (Å²) >= 11 is 0. The van der Waals surface area contributed by atoms with E-state index in [9.17, 15) is 0 Å². The molecule has 0 saturated heterocycles. The Labute approximate surface area is 134 Å². The summed E-state index contributed by atoms with van der Waals surface area (Å²) in [5.74, 6) is 5.21. The summed E-state index contributed by atoms with van der Waals surface area (Å²) in [4.78, 5) is 0. The summed E-state index contributed by atoms with van der Waals surface area (Å²) < 4.78 is 0. The van der Waals surface area contributed by atoms with Gasteiger partial charge in [-0.2, -0.15) is 0 Å². The lowest BCUT2D eigenvalue weighted by atomic mass is 9.73. The highest BCUT2D eigenvalue weighted by atomic mass is 14.3. The van der Waals surface area contributed by atoms with Crippen molar-refractivity contribution in [2.24, 2.45) is 29.6 Å². The lowest BCUT2D eigenvalue weighted by Gasteiger charge is -2.32. The second kappa shape index (κ2) is 9.21. The molecule has 0 bridgehead atoms. The first-order chi connectivity index (χ1) is 10.2. The van der Waals surface area contributed by atoms with E-state index >= 15 is 0 Å². The summed E-state index contributed by atoms with van der Waals surface area (Å²) in [5, 5.41) is 0. The van der Waals surface area contributed by atoms with E-state index in [1.165, 1.54) is 57.8 Å². The van der Waals surface area contributed by atoms with Gasteiger partial charge in [-0.3, -0.25) is 0 Å². The van der Waals surface area contributed by atoms with Gasteiger partial charge in [0, 0.05) is 0 Å². The summed E-state index contributed by atoms with van der Waals surface area (Å²) in [7, 11) is 0. The topological polar surface area (TPSA) is 0 Å². The van der Waals surface area contributed by atoms with Crippen molar-refractivity contribution in [1.29, 1.82) is 0 Å². The largest absolute Gasteiger partial charge is 0.0622 e. The average Bonchev–Trinajstić information content (AvgIpc) is 2.55. The first kappa shape index (κ1) is 17.4. The predicted molar refractivity (Wildman–Crippen MR) is 94.5 cm³/mol. The van der Waals surface area contributed by atoms with Crippen molar-refractivity contribution in [2.75, 3.05) is 0 Å². The van der Waals surface area contributed by atoms with Gasteiger partial charge in [0.15, 0.2) is 0 Å². The van der Waals surface area contributed by atoms with Gasteiger partial charge in [-0.05, 0) is 29.6 Å². The molecule has 3 fully saturated rings. The zero-order valence-electron chi connectivity index (χ0n) is 15.1. The quantitative estimate of drug-likeness (QED) is 0.478. The molecule has 0 spiro atoms. The van der Waals surface area contributed by atoms with Gasteiger partial charge in [0.1, 0.15) is 0 Å². The third-order valence-corrected chi connectivity index (χ3v) is 7.08. The van der Waals surface area contributed by atoms with E-state index in [1.807, 2.05) is 0 Å². The van der Waals surface area contributed by atoms with Crippen LogP contribution in [0.2, 0.25) is 0 Å². The molecule has 2 atom stereocenters. The molecule has 2 unspecified atom stereocenters. The van der Waals surface area contributed by atoms with Gasteiger partial charge in [-0.25, -0.2) is 0 Å². The molecule has 124 valence electrons. The third-order valence-electron chi connectivity index (χ3n) is 7.08. The summed E-state index contributed by atoms with van der Waals surface area (Å²) in [5.41, 5.74) is 0. The maximum absolute atomic E-state index is 2.40. The van der Waals surface area contributed by atoms with Crippen molar-refractivity contribution in [2.45, 2.75) is 104 Å². The molecule has 3 aliphatic rings. The van der Waals surface area contributed by atoms with Crippen LogP contribution >= 0.6 is 0 Å². The van der Waals surface area contributed by atoms with Crippen LogP contribution in [0.4, 0.5) is 0 Å². The van der Waals surface area contributed by atoms with E-state index in [-0.39, 0.29) is 0 Å². The standard InChI is InChI=1S/C12H22.C9H18/c1-3-7-11(8-4-1)12-9-5-2-6-10-12;1-7-5-4-6-8(2)9(7)3/h11-12H,1-10H2;7-9H,4-6H2,1-3H3. The van der Waals surface area contributed by atoms with Gasteiger partial charge in [0.05, 0.1) is 0 Å². The molecule has 3 rings (SSSR count). The van der Waals surface area contributed by atoms with Crippen LogP contribution in [0.5, 0.6) is 0 Å². The van der Waals surface area contributed by atoms with Crippen molar-refractivity contribution in [3.63, 3.8) is 0 Å². The fraction of sp³-hybridized carbons (Fsp3) is 1.00. The maximum atomic E-state index is 2.40. The monoisotopic (exact) mass is 292 g/mol. The van der Waals surface area contributed by atoms with Crippen LogP contribution in [0.15, 0.2) is 0 Å². The van der Waals surface area contributed by atoms with E-state index in [1.54, 1.807) is 25.7 Å². The molecule has 0 aliphatic heterocycles. The van der Waals surface area contributed by atoms with Gasteiger partial charge < -0.3 is 0 Å². The van der Waals surface area contributed by atoms with Gasteiger partial charge >= 0.3 is 0 Å². The Kier molecular flexibility index (Phi) is 7.61. The van der Waals surface area contributed by atoms with Crippen LogP contribution in [-0.4, -0.2) is 0 Å². The van der Waals surface area contributed by atoms with Crippen LogP contribution in [-0.2, 0) is 0 Å². The van der Waals surface area contributed by atoms with E-state index < -0.39 is 0 Å². The zero-order chi connectivity index (χ0) is 15.1. The smallest absolute Gasteiger partial charge is 0.0386 e. The molecule has 0 heteroatoms. The van der Waals surface area contributed by atoms with Crippen LogP contribution in [0.1, 0.15) is 104 Å². The Bertz CT molecular complexity index is 231. The molecule has 0 nitrogen and oxygen atoms in total. The molecule has 0 aromatic rings. The minimum atomic E-state index is 0.971.